The third kappa shape index (κ3) is 1.60. The van der Waals surface area contributed by atoms with E-state index in [4.69, 9.17) is 0 Å². The first-order chi connectivity index (χ1) is 6.04. The van der Waals surface area contributed by atoms with Crippen molar-refractivity contribution in [2.24, 2.45) is 11.3 Å². The number of rotatable bonds is 0. The fraction of sp³-hybridized carbons (Fsp3) is 1.00. The molecule has 0 saturated heterocycles. The Labute approximate surface area is 78.7 Å². The van der Waals surface area contributed by atoms with Crippen molar-refractivity contribution < 1.29 is 8.78 Å². The van der Waals surface area contributed by atoms with Gasteiger partial charge in [-0.2, -0.15) is 0 Å². The van der Waals surface area contributed by atoms with Gasteiger partial charge in [-0.1, -0.05) is 26.2 Å². The van der Waals surface area contributed by atoms with Crippen LogP contribution in [0.15, 0.2) is 0 Å². The lowest BCUT2D eigenvalue weighted by atomic mass is 9.68. The van der Waals surface area contributed by atoms with Gasteiger partial charge in [-0.05, 0) is 24.2 Å². The summed E-state index contributed by atoms with van der Waals surface area (Å²) in [6, 6.07) is 0. The Morgan fingerprint density at radius 1 is 1.08 bits per heavy atom. The Morgan fingerprint density at radius 3 is 2.15 bits per heavy atom. The summed E-state index contributed by atoms with van der Waals surface area (Å²) in [7, 11) is 0. The van der Waals surface area contributed by atoms with Gasteiger partial charge in [0.25, 0.3) is 0 Å². The molecule has 0 aliphatic heterocycles. The molecule has 2 fully saturated rings. The Hall–Kier alpha value is -0.140. The van der Waals surface area contributed by atoms with Crippen LogP contribution in [0.25, 0.3) is 0 Å². The van der Waals surface area contributed by atoms with Gasteiger partial charge in [-0.3, -0.25) is 0 Å². The maximum atomic E-state index is 13.2. The first-order valence-electron chi connectivity index (χ1n) is 5.42. The van der Waals surface area contributed by atoms with Crippen molar-refractivity contribution in [2.45, 2.75) is 57.8 Å². The van der Waals surface area contributed by atoms with Gasteiger partial charge in [-0.15, -0.1) is 0 Å². The van der Waals surface area contributed by atoms with Crippen molar-refractivity contribution in [2.75, 3.05) is 0 Å². The first-order valence-corrected chi connectivity index (χ1v) is 5.42. The minimum atomic E-state index is -2.36. The van der Waals surface area contributed by atoms with E-state index in [2.05, 4.69) is 0 Å². The van der Waals surface area contributed by atoms with Gasteiger partial charge in [0, 0.05) is 12.8 Å². The molecule has 0 bridgehead atoms. The molecule has 2 rings (SSSR count). The molecule has 0 aromatic rings. The third-order valence-electron chi connectivity index (χ3n) is 4.11. The van der Waals surface area contributed by atoms with Crippen LogP contribution in [0.3, 0.4) is 0 Å². The van der Waals surface area contributed by atoms with E-state index >= 15 is 0 Å². The Balaban J connectivity index is 2.13. The molecule has 0 aromatic carbocycles. The van der Waals surface area contributed by atoms with Gasteiger partial charge in [0.2, 0.25) is 5.92 Å². The SMILES string of the molecule is C[C@@H]1CC(F)(F)CC12CCCCC2. The number of alkyl halides is 2. The highest BCUT2D eigenvalue weighted by atomic mass is 19.3. The summed E-state index contributed by atoms with van der Waals surface area (Å²) in [5.41, 5.74) is 0.0156. The lowest BCUT2D eigenvalue weighted by molar-refractivity contribution is -0.00853. The quantitative estimate of drug-likeness (QED) is 0.539. The third-order valence-corrected chi connectivity index (χ3v) is 4.11. The molecular formula is C11H18F2. The van der Waals surface area contributed by atoms with Crippen molar-refractivity contribution in [1.29, 1.82) is 0 Å². The van der Waals surface area contributed by atoms with Crippen LogP contribution < -0.4 is 0 Å². The Kier molecular flexibility index (Phi) is 2.12. The van der Waals surface area contributed by atoms with Crippen molar-refractivity contribution >= 4 is 0 Å². The molecule has 1 spiro atoms. The molecule has 1 atom stereocenters. The molecule has 0 unspecified atom stereocenters. The van der Waals surface area contributed by atoms with E-state index in [1.165, 1.54) is 19.3 Å². The van der Waals surface area contributed by atoms with Crippen LogP contribution in [0.1, 0.15) is 51.9 Å². The standard InChI is InChI=1S/C11H18F2/c1-9-7-11(12,13)8-10(9)5-3-2-4-6-10/h9H,2-8H2,1H3/t9-/m1/s1. The normalized spacial score (nSPS) is 36.7. The van der Waals surface area contributed by atoms with Crippen molar-refractivity contribution in [3.63, 3.8) is 0 Å². The van der Waals surface area contributed by atoms with Crippen LogP contribution >= 0.6 is 0 Å². The molecule has 0 N–H and O–H groups in total. The van der Waals surface area contributed by atoms with Crippen LogP contribution in [0.5, 0.6) is 0 Å². The Morgan fingerprint density at radius 2 is 1.69 bits per heavy atom. The van der Waals surface area contributed by atoms with E-state index < -0.39 is 5.92 Å². The molecule has 2 saturated carbocycles. The highest BCUT2D eigenvalue weighted by molar-refractivity contribution is 4.98. The second-order valence-electron chi connectivity index (χ2n) is 5.06. The van der Waals surface area contributed by atoms with E-state index in [-0.39, 0.29) is 24.2 Å². The van der Waals surface area contributed by atoms with Crippen LogP contribution in [-0.4, -0.2) is 5.92 Å². The van der Waals surface area contributed by atoms with E-state index in [1.54, 1.807) is 0 Å². The molecule has 0 aromatic heterocycles. The van der Waals surface area contributed by atoms with Gasteiger partial charge in [0.05, 0.1) is 0 Å². The van der Waals surface area contributed by atoms with Gasteiger partial charge < -0.3 is 0 Å². The number of hydrogen-bond donors (Lipinski definition) is 0. The molecular weight excluding hydrogens is 170 g/mol. The molecule has 2 aliphatic carbocycles. The molecule has 0 heterocycles. The van der Waals surface area contributed by atoms with Gasteiger partial charge in [0.15, 0.2) is 0 Å². The first kappa shape index (κ1) is 9.42. The highest BCUT2D eigenvalue weighted by Gasteiger charge is 2.53. The molecule has 0 amide bonds. The van der Waals surface area contributed by atoms with Gasteiger partial charge in [0.1, 0.15) is 0 Å². The van der Waals surface area contributed by atoms with Crippen molar-refractivity contribution in [3.8, 4) is 0 Å². The van der Waals surface area contributed by atoms with E-state index in [9.17, 15) is 8.78 Å². The predicted molar refractivity (Wildman–Crippen MR) is 48.9 cm³/mol. The molecule has 2 aliphatic rings. The average Bonchev–Trinajstić information content (AvgIpc) is 2.23. The fourth-order valence-corrected chi connectivity index (χ4v) is 3.35. The maximum Gasteiger partial charge on any atom is 0.249 e. The summed E-state index contributed by atoms with van der Waals surface area (Å²) in [5.74, 6) is -2.13. The summed E-state index contributed by atoms with van der Waals surface area (Å²) in [6.45, 7) is 2.02. The summed E-state index contributed by atoms with van der Waals surface area (Å²) >= 11 is 0. The maximum absolute atomic E-state index is 13.2. The zero-order valence-corrected chi connectivity index (χ0v) is 8.28. The van der Waals surface area contributed by atoms with E-state index in [0.29, 0.717) is 0 Å². The van der Waals surface area contributed by atoms with Crippen LogP contribution in [-0.2, 0) is 0 Å². The largest absolute Gasteiger partial charge is 0.249 e. The lowest BCUT2D eigenvalue weighted by Crippen LogP contribution is -2.27. The lowest BCUT2D eigenvalue weighted by Gasteiger charge is -2.37. The minimum Gasteiger partial charge on any atom is -0.207 e. The summed E-state index contributed by atoms with van der Waals surface area (Å²) in [4.78, 5) is 0. The molecule has 2 heteroatoms. The topological polar surface area (TPSA) is 0 Å². The molecule has 0 nitrogen and oxygen atoms in total. The molecule has 13 heavy (non-hydrogen) atoms. The van der Waals surface area contributed by atoms with Crippen LogP contribution in [0.4, 0.5) is 8.78 Å². The fourth-order valence-electron chi connectivity index (χ4n) is 3.35. The second kappa shape index (κ2) is 2.93. The average molecular weight is 188 g/mol. The number of halogens is 2. The zero-order chi connectivity index (χ0) is 9.53. The summed E-state index contributed by atoms with van der Waals surface area (Å²) in [6.07, 6.45) is 5.97. The summed E-state index contributed by atoms with van der Waals surface area (Å²) < 4.78 is 26.4. The van der Waals surface area contributed by atoms with Crippen LogP contribution in [0, 0.1) is 11.3 Å². The minimum absolute atomic E-state index is 0.0156. The summed E-state index contributed by atoms with van der Waals surface area (Å²) in [5, 5.41) is 0. The Bertz CT molecular complexity index is 192. The molecule has 76 valence electrons. The van der Waals surface area contributed by atoms with Gasteiger partial charge >= 0.3 is 0 Å². The van der Waals surface area contributed by atoms with Gasteiger partial charge in [-0.25, -0.2) is 8.78 Å². The van der Waals surface area contributed by atoms with Crippen molar-refractivity contribution in [3.05, 3.63) is 0 Å². The highest BCUT2D eigenvalue weighted by Crippen LogP contribution is 2.57. The van der Waals surface area contributed by atoms with E-state index in [1.807, 2.05) is 6.92 Å². The smallest absolute Gasteiger partial charge is 0.207 e. The van der Waals surface area contributed by atoms with E-state index in [0.717, 1.165) is 12.8 Å². The second-order valence-corrected chi connectivity index (χ2v) is 5.06. The van der Waals surface area contributed by atoms with Crippen molar-refractivity contribution in [1.82, 2.24) is 0 Å². The van der Waals surface area contributed by atoms with Crippen LogP contribution in [0.2, 0.25) is 0 Å². The molecule has 0 radical (unpaired) electrons. The predicted octanol–water partition coefficient (Wildman–Crippen LogP) is 4.00. The number of hydrogen-bond acceptors (Lipinski definition) is 0. The monoisotopic (exact) mass is 188 g/mol. The zero-order valence-electron chi connectivity index (χ0n) is 8.28.